The SMILES string of the molecule is O=c1oc2c3c(c(Cl)cc2c2c1CCCC2)OCN(c1cccnc1)C3. The summed E-state index contributed by atoms with van der Waals surface area (Å²) in [6, 6.07) is 5.76. The fourth-order valence-corrected chi connectivity index (χ4v) is 4.25. The number of hydrogen-bond acceptors (Lipinski definition) is 5. The highest BCUT2D eigenvalue weighted by atomic mass is 35.5. The van der Waals surface area contributed by atoms with Crippen LogP contribution in [0, 0.1) is 0 Å². The van der Waals surface area contributed by atoms with Crippen molar-refractivity contribution in [2.24, 2.45) is 0 Å². The van der Waals surface area contributed by atoms with E-state index in [0.29, 0.717) is 29.6 Å². The van der Waals surface area contributed by atoms with Crippen LogP contribution in [0.5, 0.6) is 5.75 Å². The molecule has 0 unspecified atom stereocenters. The Morgan fingerprint density at radius 1 is 1.15 bits per heavy atom. The third-order valence-electron chi connectivity index (χ3n) is 5.24. The first-order valence-corrected chi connectivity index (χ1v) is 9.18. The van der Waals surface area contributed by atoms with Crippen molar-refractivity contribution in [2.75, 3.05) is 11.6 Å². The number of aryl methyl sites for hydroxylation is 1. The predicted octanol–water partition coefficient (Wildman–Crippen LogP) is 4.08. The van der Waals surface area contributed by atoms with Crippen molar-refractivity contribution in [3.8, 4) is 5.75 Å². The summed E-state index contributed by atoms with van der Waals surface area (Å²) < 4.78 is 11.7. The highest BCUT2D eigenvalue weighted by Gasteiger charge is 2.27. The van der Waals surface area contributed by atoms with Gasteiger partial charge in [0.1, 0.15) is 11.3 Å². The highest BCUT2D eigenvalue weighted by molar-refractivity contribution is 6.33. The molecule has 0 saturated heterocycles. The van der Waals surface area contributed by atoms with Crippen molar-refractivity contribution in [3.05, 3.63) is 62.7 Å². The molecule has 132 valence electrons. The number of benzene rings is 1. The van der Waals surface area contributed by atoms with Crippen molar-refractivity contribution in [1.29, 1.82) is 0 Å². The monoisotopic (exact) mass is 368 g/mol. The number of pyridine rings is 1. The van der Waals surface area contributed by atoms with Crippen molar-refractivity contribution >= 4 is 28.3 Å². The largest absolute Gasteiger partial charge is 0.471 e. The molecule has 2 aliphatic rings. The molecule has 5 nitrogen and oxygen atoms in total. The average molecular weight is 369 g/mol. The molecule has 0 bridgehead atoms. The van der Waals surface area contributed by atoms with Gasteiger partial charge in [-0.25, -0.2) is 4.79 Å². The van der Waals surface area contributed by atoms with Crippen LogP contribution in [0.3, 0.4) is 0 Å². The summed E-state index contributed by atoms with van der Waals surface area (Å²) >= 11 is 6.52. The lowest BCUT2D eigenvalue weighted by atomic mass is 9.90. The quantitative estimate of drug-likeness (QED) is 0.606. The van der Waals surface area contributed by atoms with Crippen LogP contribution >= 0.6 is 11.6 Å². The van der Waals surface area contributed by atoms with E-state index in [4.69, 9.17) is 20.8 Å². The van der Waals surface area contributed by atoms with Crippen molar-refractivity contribution in [3.63, 3.8) is 0 Å². The number of nitrogens with zero attached hydrogens (tertiary/aromatic N) is 2. The van der Waals surface area contributed by atoms with Crippen LogP contribution in [-0.4, -0.2) is 11.7 Å². The Kier molecular flexibility index (Phi) is 3.64. The fraction of sp³-hybridized carbons (Fsp3) is 0.300. The van der Waals surface area contributed by atoms with E-state index in [0.717, 1.165) is 53.4 Å². The van der Waals surface area contributed by atoms with E-state index in [2.05, 4.69) is 4.98 Å². The van der Waals surface area contributed by atoms with Crippen LogP contribution in [0.1, 0.15) is 29.5 Å². The molecule has 0 spiro atoms. The molecular formula is C20H17ClN2O3. The lowest BCUT2D eigenvalue weighted by Crippen LogP contribution is -2.32. The van der Waals surface area contributed by atoms with Gasteiger partial charge in [-0.15, -0.1) is 0 Å². The molecule has 0 radical (unpaired) electrons. The van der Waals surface area contributed by atoms with E-state index in [-0.39, 0.29) is 5.63 Å². The second kappa shape index (κ2) is 6.02. The number of fused-ring (bicyclic) bond motifs is 5. The van der Waals surface area contributed by atoms with Gasteiger partial charge in [0, 0.05) is 17.1 Å². The molecule has 0 amide bonds. The normalized spacial score (nSPS) is 16.1. The van der Waals surface area contributed by atoms with Gasteiger partial charge in [-0.05, 0) is 49.4 Å². The van der Waals surface area contributed by atoms with Crippen LogP contribution < -0.4 is 15.3 Å². The summed E-state index contributed by atoms with van der Waals surface area (Å²) in [4.78, 5) is 18.8. The Bertz CT molecular complexity index is 1060. The minimum atomic E-state index is -0.227. The van der Waals surface area contributed by atoms with Crippen molar-refractivity contribution < 1.29 is 9.15 Å². The number of rotatable bonds is 1. The fourth-order valence-electron chi connectivity index (χ4n) is 3.98. The van der Waals surface area contributed by atoms with Crippen LogP contribution in [0.25, 0.3) is 11.0 Å². The number of hydrogen-bond donors (Lipinski definition) is 0. The minimum absolute atomic E-state index is 0.227. The molecule has 1 aliphatic heterocycles. The minimum Gasteiger partial charge on any atom is -0.471 e. The van der Waals surface area contributed by atoms with Gasteiger partial charge in [0.25, 0.3) is 0 Å². The third-order valence-corrected chi connectivity index (χ3v) is 5.52. The van der Waals surface area contributed by atoms with Crippen molar-refractivity contribution in [1.82, 2.24) is 4.98 Å². The smallest absolute Gasteiger partial charge is 0.339 e. The molecule has 26 heavy (non-hydrogen) atoms. The molecule has 3 aromatic rings. The molecule has 1 aliphatic carbocycles. The summed E-state index contributed by atoms with van der Waals surface area (Å²) in [6.07, 6.45) is 7.30. The lowest BCUT2D eigenvalue weighted by molar-refractivity contribution is 0.289. The highest BCUT2D eigenvalue weighted by Crippen LogP contribution is 2.41. The Labute approximate surface area is 155 Å². The third kappa shape index (κ3) is 2.38. The zero-order valence-corrected chi connectivity index (χ0v) is 14.9. The molecule has 5 rings (SSSR count). The van der Waals surface area contributed by atoms with E-state index in [1.165, 1.54) is 0 Å². The van der Waals surface area contributed by atoms with Gasteiger partial charge in [-0.2, -0.15) is 0 Å². The predicted molar refractivity (Wildman–Crippen MR) is 100 cm³/mol. The molecule has 0 fully saturated rings. The van der Waals surface area contributed by atoms with Crippen LogP contribution in [0.15, 0.2) is 39.8 Å². The zero-order chi connectivity index (χ0) is 17.7. The number of aromatic nitrogens is 1. The van der Waals surface area contributed by atoms with Gasteiger partial charge in [0.15, 0.2) is 6.73 Å². The molecule has 0 atom stereocenters. The average Bonchev–Trinajstić information content (AvgIpc) is 2.70. The van der Waals surface area contributed by atoms with Gasteiger partial charge in [0.2, 0.25) is 0 Å². The van der Waals surface area contributed by atoms with E-state index < -0.39 is 0 Å². The summed E-state index contributed by atoms with van der Waals surface area (Å²) in [5, 5.41) is 1.51. The lowest BCUT2D eigenvalue weighted by Gasteiger charge is -2.31. The number of ether oxygens (including phenoxy) is 1. The molecule has 2 aromatic heterocycles. The first-order chi connectivity index (χ1) is 12.7. The van der Waals surface area contributed by atoms with E-state index in [1.807, 2.05) is 23.1 Å². The topological polar surface area (TPSA) is 55.6 Å². The molecule has 6 heteroatoms. The summed E-state index contributed by atoms with van der Waals surface area (Å²) in [7, 11) is 0. The number of halogens is 1. The first kappa shape index (κ1) is 15.7. The number of anilines is 1. The molecular weight excluding hydrogens is 352 g/mol. The Morgan fingerprint density at radius 3 is 2.81 bits per heavy atom. The van der Waals surface area contributed by atoms with Crippen LogP contribution in [0.2, 0.25) is 5.02 Å². The van der Waals surface area contributed by atoms with Gasteiger partial charge >= 0.3 is 5.63 Å². The second-order valence-electron chi connectivity index (χ2n) is 6.78. The molecule has 1 aromatic carbocycles. The van der Waals surface area contributed by atoms with Gasteiger partial charge in [-0.1, -0.05) is 11.6 Å². The van der Waals surface area contributed by atoms with Crippen LogP contribution in [0.4, 0.5) is 5.69 Å². The van der Waals surface area contributed by atoms with E-state index in [9.17, 15) is 4.79 Å². The van der Waals surface area contributed by atoms with E-state index >= 15 is 0 Å². The Balaban J connectivity index is 1.71. The maximum atomic E-state index is 12.5. The summed E-state index contributed by atoms with van der Waals surface area (Å²) in [5.41, 5.74) is 4.05. The van der Waals surface area contributed by atoms with Gasteiger partial charge < -0.3 is 14.1 Å². The molecule has 0 saturated carbocycles. The Hall–Kier alpha value is -2.53. The zero-order valence-electron chi connectivity index (χ0n) is 14.1. The van der Waals surface area contributed by atoms with Crippen LogP contribution in [-0.2, 0) is 19.4 Å². The maximum absolute atomic E-state index is 12.5. The summed E-state index contributed by atoms with van der Waals surface area (Å²) in [5.74, 6) is 0.609. The van der Waals surface area contributed by atoms with E-state index in [1.54, 1.807) is 12.4 Å². The Morgan fingerprint density at radius 2 is 2.00 bits per heavy atom. The maximum Gasteiger partial charge on any atom is 0.339 e. The van der Waals surface area contributed by atoms with Crippen molar-refractivity contribution in [2.45, 2.75) is 32.2 Å². The van der Waals surface area contributed by atoms with Gasteiger partial charge in [-0.3, -0.25) is 4.98 Å². The standard InChI is InChI=1S/C20H17ClN2O3/c21-17-8-15-13-5-1-2-6-14(13)20(24)26-18(15)16-10-23(11-25-19(16)17)12-4-3-7-22-9-12/h3-4,7-9H,1-2,5-6,10-11H2. The molecule has 3 heterocycles. The first-order valence-electron chi connectivity index (χ1n) is 8.80. The van der Waals surface area contributed by atoms with Gasteiger partial charge in [0.05, 0.1) is 29.0 Å². The second-order valence-corrected chi connectivity index (χ2v) is 7.19. The summed E-state index contributed by atoms with van der Waals surface area (Å²) in [6.45, 7) is 0.929. The molecule has 0 N–H and O–H groups in total.